The second-order valence-electron chi connectivity index (χ2n) is 4.33. The summed E-state index contributed by atoms with van der Waals surface area (Å²) >= 11 is 0. The molecule has 0 spiro atoms. The lowest BCUT2D eigenvalue weighted by molar-refractivity contribution is 0.661. The van der Waals surface area contributed by atoms with Gasteiger partial charge in [-0.05, 0) is 25.0 Å². The molecule has 1 aromatic carbocycles. The lowest BCUT2D eigenvalue weighted by atomic mass is 10.2. The van der Waals surface area contributed by atoms with Gasteiger partial charge in [-0.15, -0.1) is 10.2 Å². The van der Waals surface area contributed by atoms with Gasteiger partial charge in [-0.25, -0.2) is 4.98 Å². The maximum atomic E-state index is 5.76. The fraction of sp³-hybridized carbons (Fsp3) is 0.417. The number of hydrogen-bond acceptors (Lipinski definition) is 5. The number of para-hydroxylation sites is 1. The van der Waals surface area contributed by atoms with Crippen LogP contribution in [-0.2, 0) is 0 Å². The van der Waals surface area contributed by atoms with Crippen LogP contribution >= 0.6 is 0 Å². The summed E-state index contributed by atoms with van der Waals surface area (Å²) in [5.41, 5.74) is 7.48. The summed E-state index contributed by atoms with van der Waals surface area (Å²) in [6.07, 6.45) is 2.27. The summed E-state index contributed by atoms with van der Waals surface area (Å²) in [4.78, 5) is 6.72. The highest BCUT2D eigenvalue weighted by atomic mass is 15.3. The van der Waals surface area contributed by atoms with Gasteiger partial charge < -0.3 is 10.6 Å². The third kappa shape index (κ3) is 1.82. The molecule has 1 saturated heterocycles. The van der Waals surface area contributed by atoms with Crippen LogP contribution in [0.2, 0.25) is 0 Å². The zero-order chi connectivity index (χ0) is 11.7. The first-order valence-corrected chi connectivity index (χ1v) is 5.94. The molecule has 1 aliphatic heterocycles. The zero-order valence-electron chi connectivity index (χ0n) is 9.58. The second-order valence-corrected chi connectivity index (χ2v) is 4.33. The zero-order valence-corrected chi connectivity index (χ0v) is 9.58. The highest BCUT2D eigenvalue weighted by molar-refractivity contribution is 5.74. The Bertz CT molecular complexity index is 527. The molecule has 0 aliphatic carbocycles. The smallest absolute Gasteiger partial charge is 0.246 e. The molecule has 3 rings (SSSR count). The quantitative estimate of drug-likeness (QED) is 0.830. The molecule has 1 unspecified atom stereocenters. The number of nitrogens with zero attached hydrogens (tertiary/aromatic N) is 4. The lowest BCUT2D eigenvalue weighted by Crippen LogP contribution is -2.36. The topological polar surface area (TPSA) is 67.9 Å². The number of benzene rings is 1. The molecule has 17 heavy (non-hydrogen) atoms. The van der Waals surface area contributed by atoms with Crippen LogP contribution in [-0.4, -0.2) is 34.3 Å². The monoisotopic (exact) mass is 229 g/mol. The predicted octanol–water partition coefficient (Wildman–Crippen LogP) is 0.952. The maximum Gasteiger partial charge on any atom is 0.246 e. The van der Waals surface area contributed by atoms with Crippen molar-refractivity contribution in [3.05, 3.63) is 24.3 Å². The van der Waals surface area contributed by atoms with Crippen molar-refractivity contribution in [1.82, 2.24) is 15.2 Å². The fourth-order valence-electron chi connectivity index (χ4n) is 2.34. The van der Waals surface area contributed by atoms with Crippen molar-refractivity contribution in [1.29, 1.82) is 0 Å². The van der Waals surface area contributed by atoms with Crippen molar-refractivity contribution in [3.63, 3.8) is 0 Å². The molecule has 2 N–H and O–H groups in total. The Labute approximate surface area is 99.7 Å². The van der Waals surface area contributed by atoms with Crippen LogP contribution in [0.4, 0.5) is 5.95 Å². The van der Waals surface area contributed by atoms with Crippen LogP contribution < -0.4 is 10.6 Å². The van der Waals surface area contributed by atoms with Gasteiger partial charge in [0.1, 0.15) is 5.52 Å². The highest BCUT2D eigenvalue weighted by Gasteiger charge is 2.25. The van der Waals surface area contributed by atoms with Gasteiger partial charge in [-0.1, -0.05) is 12.1 Å². The van der Waals surface area contributed by atoms with Crippen molar-refractivity contribution in [2.75, 3.05) is 18.0 Å². The van der Waals surface area contributed by atoms with E-state index in [1.165, 1.54) is 0 Å². The molecule has 0 saturated carbocycles. The SMILES string of the molecule is NCC1CCCN1c1nnc2ccccc2n1. The number of aromatic nitrogens is 3. The van der Waals surface area contributed by atoms with E-state index in [0.29, 0.717) is 18.5 Å². The minimum atomic E-state index is 0.359. The van der Waals surface area contributed by atoms with Gasteiger partial charge in [0.25, 0.3) is 0 Å². The summed E-state index contributed by atoms with van der Waals surface area (Å²) < 4.78 is 0. The molecular weight excluding hydrogens is 214 g/mol. The van der Waals surface area contributed by atoms with Crippen LogP contribution in [0.25, 0.3) is 11.0 Å². The number of anilines is 1. The Hall–Kier alpha value is -1.75. The average Bonchev–Trinajstić information content (AvgIpc) is 2.86. The van der Waals surface area contributed by atoms with E-state index in [9.17, 15) is 0 Å². The molecule has 1 aromatic heterocycles. The largest absolute Gasteiger partial charge is 0.335 e. The van der Waals surface area contributed by atoms with Gasteiger partial charge >= 0.3 is 0 Å². The molecule has 2 heterocycles. The normalized spacial score (nSPS) is 20.1. The Morgan fingerprint density at radius 1 is 1.24 bits per heavy atom. The Balaban J connectivity index is 2.00. The molecule has 88 valence electrons. The maximum absolute atomic E-state index is 5.76. The fourth-order valence-corrected chi connectivity index (χ4v) is 2.34. The Morgan fingerprint density at radius 2 is 2.06 bits per heavy atom. The van der Waals surface area contributed by atoms with Crippen molar-refractivity contribution in [2.24, 2.45) is 5.73 Å². The van der Waals surface area contributed by atoms with E-state index >= 15 is 0 Å². The van der Waals surface area contributed by atoms with E-state index < -0.39 is 0 Å². The van der Waals surface area contributed by atoms with E-state index in [-0.39, 0.29) is 0 Å². The molecule has 5 heteroatoms. The van der Waals surface area contributed by atoms with Crippen LogP contribution in [0.15, 0.2) is 24.3 Å². The minimum Gasteiger partial charge on any atom is -0.335 e. The van der Waals surface area contributed by atoms with Gasteiger partial charge in [0.2, 0.25) is 5.95 Å². The van der Waals surface area contributed by atoms with Gasteiger partial charge in [0.05, 0.1) is 5.52 Å². The second kappa shape index (κ2) is 4.25. The van der Waals surface area contributed by atoms with Gasteiger partial charge in [0, 0.05) is 19.1 Å². The standard InChI is InChI=1S/C12H15N5/c13-8-9-4-3-7-17(9)12-14-10-5-1-2-6-11(10)15-16-12/h1-2,5-6,9H,3-4,7-8,13H2. The molecule has 0 amide bonds. The van der Waals surface area contributed by atoms with Crippen LogP contribution in [0.5, 0.6) is 0 Å². The van der Waals surface area contributed by atoms with Gasteiger partial charge in [0.15, 0.2) is 0 Å². The Kier molecular flexibility index (Phi) is 2.60. The summed E-state index contributed by atoms with van der Waals surface area (Å²) in [7, 11) is 0. The Morgan fingerprint density at radius 3 is 2.88 bits per heavy atom. The molecule has 2 aromatic rings. The van der Waals surface area contributed by atoms with Gasteiger partial charge in [-0.3, -0.25) is 0 Å². The van der Waals surface area contributed by atoms with E-state index in [0.717, 1.165) is 30.4 Å². The van der Waals surface area contributed by atoms with Crippen molar-refractivity contribution < 1.29 is 0 Å². The first kappa shape index (κ1) is 10.4. The molecule has 0 radical (unpaired) electrons. The van der Waals surface area contributed by atoms with Crippen molar-refractivity contribution in [2.45, 2.75) is 18.9 Å². The molecule has 1 aliphatic rings. The van der Waals surface area contributed by atoms with Gasteiger partial charge in [-0.2, -0.15) is 0 Å². The molecule has 1 fully saturated rings. The molecule has 1 atom stereocenters. The predicted molar refractivity (Wildman–Crippen MR) is 66.8 cm³/mol. The highest BCUT2D eigenvalue weighted by Crippen LogP contribution is 2.22. The molecule has 0 bridgehead atoms. The molecule has 5 nitrogen and oxygen atoms in total. The van der Waals surface area contributed by atoms with Crippen LogP contribution in [0, 0.1) is 0 Å². The summed E-state index contributed by atoms with van der Waals surface area (Å²) in [6.45, 7) is 1.62. The third-order valence-corrected chi connectivity index (χ3v) is 3.26. The number of rotatable bonds is 2. The molecular formula is C12H15N5. The van der Waals surface area contributed by atoms with E-state index in [1.54, 1.807) is 0 Å². The van der Waals surface area contributed by atoms with E-state index in [2.05, 4.69) is 20.1 Å². The lowest BCUT2D eigenvalue weighted by Gasteiger charge is -2.22. The summed E-state index contributed by atoms with van der Waals surface area (Å²) in [5, 5.41) is 8.40. The van der Waals surface area contributed by atoms with Crippen LogP contribution in [0.3, 0.4) is 0 Å². The van der Waals surface area contributed by atoms with Crippen molar-refractivity contribution in [3.8, 4) is 0 Å². The summed E-state index contributed by atoms with van der Waals surface area (Å²) in [5.74, 6) is 0.705. The average molecular weight is 229 g/mol. The van der Waals surface area contributed by atoms with E-state index in [4.69, 9.17) is 5.73 Å². The number of hydrogen-bond donors (Lipinski definition) is 1. The third-order valence-electron chi connectivity index (χ3n) is 3.26. The number of fused-ring (bicyclic) bond motifs is 1. The summed E-state index contributed by atoms with van der Waals surface area (Å²) in [6, 6.07) is 8.14. The number of nitrogens with two attached hydrogens (primary N) is 1. The van der Waals surface area contributed by atoms with Crippen LogP contribution in [0.1, 0.15) is 12.8 Å². The minimum absolute atomic E-state index is 0.359. The van der Waals surface area contributed by atoms with E-state index in [1.807, 2.05) is 24.3 Å². The van der Waals surface area contributed by atoms with Crippen molar-refractivity contribution >= 4 is 17.0 Å². The first-order valence-electron chi connectivity index (χ1n) is 5.94. The first-order chi connectivity index (χ1) is 8.38.